The summed E-state index contributed by atoms with van der Waals surface area (Å²) in [7, 11) is 1.58. The third-order valence-corrected chi connectivity index (χ3v) is 4.26. The Morgan fingerprint density at radius 3 is 2.65 bits per heavy atom. The molecule has 0 radical (unpaired) electrons. The second-order valence-electron chi connectivity index (χ2n) is 5.26. The molecular weight excluding hydrogens is 316 g/mol. The number of piperazine rings is 1. The Morgan fingerprint density at radius 1 is 1.26 bits per heavy atom. The number of aryl methyl sites for hydroxylation is 1. The molecule has 2 aromatic heterocycles. The number of anilines is 2. The lowest BCUT2D eigenvalue weighted by Crippen LogP contribution is -2.47. The van der Waals surface area contributed by atoms with Gasteiger partial charge in [-0.05, 0) is 12.1 Å². The van der Waals surface area contributed by atoms with Crippen molar-refractivity contribution in [1.82, 2.24) is 14.8 Å². The maximum absolute atomic E-state index is 11.9. The SMILES string of the molecule is Cn1ncc(N2CCN(c3ccnc(C#N)c3)CC2)c(Cl)c1=O. The Kier molecular flexibility index (Phi) is 4.17. The molecule has 0 N–H and O–H groups in total. The van der Waals surface area contributed by atoms with Crippen LogP contribution in [0.1, 0.15) is 5.69 Å². The van der Waals surface area contributed by atoms with E-state index in [1.165, 1.54) is 4.68 Å². The van der Waals surface area contributed by atoms with E-state index in [1.807, 2.05) is 12.1 Å². The maximum Gasteiger partial charge on any atom is 0.287 e. The van der Waals surface area contributed by atoms with Crippen molar-refractivity contribution < 1.29 is 0 Å². The Morgan fingerprint density at radius 2 is 1.96 bits per heavy atom. The molecule has 0 spiro atoms. The lowest BCUT2D eigenvalue weighted by molar-refractivity contribution is 0.643. The zero-order chi connectivity index (χ0) is 16.4. The monoisotopic (exact) mass is 330 g/mol. The standard InChI is InChI=1S/C15H15ClN6O/c1-20-15(23)14(16)13(10-19-20)22-6-4-21(5-7-22)12-2-3-18-11(8-12)9-17/h2-3,8,10H,4-7H2,1H3. The van der Waals surface area contributed by atoms with Crippen molar-refractivity contribution in [3.8, 4) is 6.07 Å². The predicted octanol–water partition coefficient (Wildman–Crippen LogP) is 1.03. The quantitative estimate of drug-likeness (QED) is 0.818. The van der Waals surface area contributed by atoms with Crippen LogP contribution in [-0.2, 0) is 7.05 Å². The molecule has 0 unspecified atom stereocenters. The predicted molar refractivity (Wildman–Crippen MR) is 87.9 cm³/mol. The Balaban J connectivity index is 1.75. The van der Waals surface area contributed by atoms with Gasteiger partial charge in [0.25, 0.3) is 5.56 Å². The summed E-state index contributed by atoms with van der Waals surface area (Å²) in [6, 6.07) is 5.72. The van der Waals surface area contributed by atoms with Crippen molar-refractivity contribution in [3.63, 3.8) is 0 Å². The first-order valence-electron chi connectivity index (χ1n) is 7.18. The van der Waals surface area contributed by atoms with Crippen LogP contribution in [0.5, 0.6) is 0 Å². The molecule has 1 saturated heterocycles. The summed E-state index contributed by atoms with van der Waals surface area (Å²) < 4.78 is 1.22. The number of nitrogens with zero attached hydrogens (tertiary/aromatic N) is 6. The van der Waals surface area contributed by atoms with Gasteiger partial charge in [0.15, 0.2) is 0 Å². The van der Waals surface area contributed by atoms with Crippen molar-refractivity contribution >= 4 is 23.0 Å². The van der Waals surface area contributed by atoms with E-state index in [0.717, 1.165) is 31.9 Å². The van der Waals surface area contributed by atoms with Crippen molar-refractivity contribution in [1.29, 1.82) is 5.26 Å². The first kappa shape index (κ1) is 15.3. The van der Waals surface area contributed by atoms with E-state index in [0.29, 0.717) is 11.4 Å². The Hall–Kier alpha value is -2.59. The van der Waals surface area contributed by atoms with Gasteiger partial charge < -0.3 is 9.80 Å². The molecular formula is C15H15ClN6O. The summed E-state index contributed by atoms with van der Waals surface area (Å²) >= 11 is 6.15. The van der Waals surface area contributed by atoms with Gasteiger partial charge >= 0.3 is 0 Å². The molecule has 1 fully saturated rings. The number of hydrogen-bond acceptors (Lipinski definition) is 6. The molecule has 118 valence electrons. The van der Waals surface area contributed by atoms with Gasteiger partial charge in [-0.3, -0.25) is 4.79 Å². The molecule has 0 aliphatic carbocycles. The molecule has 2 aromatic rings. The molecule has 1 aliphatic rings. The van der Waals surface area contributed by atoms with Crippen LogP contribution in [0.15, 0.2) is 29.3 Å². The van der Waals surface area contributed by atoms with Gasteiger partial charge in [0.1, 0.15) is 16.8 Å². The molecule has 3 rings (SSSR count). The fourth-order valence-corrected chi connectivity index (χ4v) is 2.90. The minimum atomic E-state index is -0.292. The van der Waals surface area contributed by atoms with E-state index in [2.05, 4.69) is 19.9 Å². The number of nitriles is 1. The molecule has 0 atom stereocenters. The van der Waals surface area contributed by atoms with E-state index in [-0.39, 0.29) is 10.6 Å². The van der Waals surface area contributed by atoms with Crippen LogP contribution in [-0.4, -0.2) is 40.9 Å². The molecule has 23 heavy (non-hydrogen) atoms. The summed E-state index contributed by atoms with van der Waals surface area (Å²) in [5.74, 6) is 0. The first-order chi connectivity index (χ1) is 11.1. The van der Waals surface area contributed by atoms with Gasteiger partial charge in [-0.1, -0.05) is 11.6 Å². The van der Waals surface area contributed by atoms with Crippen LogP contribution in [0, 0.1) is 11.3 Å². The zero-order valence-corrected chi connectivity index (χ0v) is 13.4. The highest BCUT2D eigenvalue weighted by molar-refractivity contribution is 6.33. The van der Waals surface area contributed by atoms with Gasteiger partial charge in [-0.2, -0.15) is 10.4 Å². The molecule has 0 aromatic carbocycles. The largest absolute Gasteiger partial charge is 0.368 e. The molecule has 0 amide bonds. The van der Waals surface area contributed by atoms with Gasteiger partial charge in [-0.15, -0.1) is 0 Å². The topological polar surface area (TPSA) is 78.1 Å². The third kappa shape index (κ3) is 2.98. The second kappa shape index (κ2) is 6.26. The van der Waals surface area contributed by atoms with Crippen LogP contribution in [0.2, 0.25) is 5.02 Å². The van der Waals surface area contributed by atoms with Gasteiger partial charge in [0.2, 0.25) is 0 Å². The van der Waals surface area contributed by atoms with Crippen LogP contribution in [0.4, 0.5) is 11.4 Å². The van der Waals surface area contributed by atoms with E-state index < -0.39 is 0 Å². The number of hydrogen-bond donors (Lipinski definition) is 0. The number of halogens is 1. The van der Waals surface area contributed by atoms with Crippen LogP contribution in [0.3, 0.4) is 0 Å². The average Bonchev–Trinajstić information content (AvgIpc) is 2.60. The van der Waals surface area contributed by atoms with Crippen LogP contribution < -0.4 is 15.4 Å². The molecule has 0 saturated carbocycles. The summed E-state index contributed by atoms with van der Waals surface area (Å²) in [6.07, 6.45) is 3.27. The van der Waals surface area contributed by atoms with Crippen LogP contribution in [0.25, 0.3) is 0 Å². The summed E-state index contributed by atoms with van der Waals surface area (Å²) in [5, 5.41) is 13.2. The van der Waals surface area contributed by atoms with Gasteiger partial charge in [-0.25, -0.2) is 9.67 Å². The normalized spacial score (nSPS) is 14.7. The highest BCUT2D eigenvalue weighted by Gasteiger charge is 2.21. The van der Waals surface area contributed by atoms with E-state index in [4.69, 9.17) is 16.9 Å². The van der Waals surface area contributed by atoms with Crippen molar-refractivity contribution in [2.75, 3.05) is 36.0 Å². The lowest BCUT2D eigenvalue weighted by Gasteiger charge is -2.37. The number of pyridine rings is 1. The maximum atomic E-state index is 11.9. The summed E-state index contributed by atoms with van der Waals surface area (Å²) in [6.45, 7) is 2.97. The lowest BCUT2D eigenvalue weighted by atomic mass is 10.2. The van der Waals surface area contributed by atoms with E-state index >= 15 is 0 Å². The summed E-state index contributed by atoms with van der Waals surface area (Å²) in [5.41, 5.74) is 1.76. The van der Waals surface area contributed by atoms with Crippen LogP contribution >= 0.6 is 11.6 Å². The third-order valence-electron chi connectivity index (χ3n) is 3.90. The fourth-order valence-electron chi connectivity index (χ4n) is 2.61. The average molecular weight is 331 g/mol. The number of rotatable bonds is 2. The Bertz CT molecular complexity index is 819. The molecule has 8 heteroatoms. The van der Waals surface area contributed by atoms with E-state index in [9.17, 15) is 4.79 Å². The highest BCUT2D eigenvalue weighted by atomic mass is 35.5. The van der Waals surface area contributed by atoms with Gasteiger partial charge in [0.05, 0.1) is 11.9 Å². The first-order valence-corrected chi connectivity index (χ1v) is 7.56. The minimum absolute atomic E-state index is 0.201. The molecule has 3 heterocycles. The fraction of sp³-hybridized carbons (Fsp3) is 0.333. The number of aromatic nitrogens is 3. The van der Waals surface area contributed by atoms with E-state index in [1.54, 1.807) is 25.5 Å². The summed E-state index contributed by atoms with van der Waals surface area (Å²) in [4.78, 5) is 20.1. The second-order valence-corrected chi connectivity index (χ2v) is 5.64. The molecule has 7 nitrogen and oxygen atoms in total. The Labute approximate surface area is 138 Å². The smallest absolute Gasteiger partial charge is 0.287 e. The zero-order valence-electron chi connectivity index (χ0n) is 12.6. The molecule has 1 aliphatic heterocycles. The highest BCUT2D eigenvalue weighted by Crippen LogP contribution is 2.24. The van der Waals surface area contributed by atoms with Crippen molar-refractivity contribution in [3.05, 3.63) is 45.6 Å². The van der Waals surface area contributed by atoms with Crippen molar-refractivity contribution in [2.24, 2.45) is 7.05 Å². The van der Waals surface area contributed by atoms with Crippen molar-refractivity contribution in [2.45, 2.75) is 0 Å². The minimum Gasteiger partial charge on any atom is -0.368 e. The molecule has 0 bridgehead atoms. The van der Waals surface area contributed by atoms with Gasteiger partial charge in [0, 0.05) is 45.1 Å².